The lowest BCUT2D eigenvalue weighted by molar-refractivity contribution is 0.384. The molecule has 0 aliphatic carbocycles. The van der Waals surface area contributed by atoms with Crippen molar-refractivity contribution in [2.45, 2.75) is 9.79 Å². The molecule has 8 rings (SSSR count). The summed E-state index contributed by atoms with van der Waals surface area (Å²) in [5, 5.41) is 5.56. The van der Waals surface area contributed by atoms with Gasteiger partial charge in [0.25, 0.3) is 0 Å². The molecular formula is C42H44F2N6O8S4. The van der Waals surface area contributed by atoms with Crippen LogP contribution in [-0.4, -0.2) is 116 Å². The van der Waals surface area contributed by atoms with Crippen LogP contribution in [0.5, 0.6) is 23.0 Å². The van der Waals surface area contributed by atoms with Crippen molar-refractivity contribution in [3.63, 3.8) is 0 Å². The molecule has 2 fully saturated rings. The zero-order valence-electron chi connectivity index (χ0n) is 34.2. The van der Waals surface area contributed by atoms with Crippen LogP contribution in [0.2, 0.25) is 0 Å². The van der Waals surface area contributed by atoms with Crippen molar-refractivity contribution < 1.29 is 44.6 Å². The molecule has 0 atom stereocenters. The van der Waals surface area contributed by atoms with E-state index >= 15 is 0 Å². The Bertz CT molecular complexity index is 2690. The van der Waals surface area contributed by atoms with Crippen molar-refractivity contribution in [2.24, 2.45) is 0 Å². The molecule has 0 spiro atoms. The number of ether oxygens (including phenoxy) is 4. The van der Waals surface area contributed by atoms with Gasteiger partial charge in [0.15, 0.2) is 10.3 Å². The summed E-state index contributed by atoms with van der Waals surface area (Å²) >= 11 is 3.00. The van der Waals surface area contributed by atoms with Crippen LogP contribution in [0.4, 0.5) is 19.0 Å². The highest BCUT2D eigenvalue weighted by atomic mass is 32.2. The standard InChI is InChI=1S/2C21H22FN3O4S2/c1-28-16-5-8-20(29-2)18(13-16)19-14-30-21(23-19)24-9-11-25(12-10-24)31(26,27)17-6-3-15(22)4-7-17;1-28-16-5-8-18(20(13-16)29-2)19-14-30-21(23-19)24-9-11-25(12-10-24)31(26,27)17-6-3-15(22)4-7-17/h2*3-8,13-14H,9-12H2,1-2H3. The van der Waals surface area contributed by atoms with Gasteiger partial charge in [0.05, 0.1) is 49.6 Å². The van der Waals surface area contributed by atoms with Crippen molar-refractivity contribution in [1.82, 2.24) is 18.6 Å². The molecule has 2 aromatic heterocycles. The molecule has 14 nitrogen and oxygen atoms in total. The molecule has 0 radical (unpaired) electrons. The second-order valence-electron chi connectivity index (χ2n) is 13.9. The quantitative estimate of drug-likeness (QED) is 0.125. The van der Waals surface area contributed by atoms with E-state index < -0.39 is 31.7 Å². The van der Waals surface area contributed by atoms with E-state index in [1.54, 1.807) is 28.4 Å². The predicted octanol–water partition coefficient (Wildman–Crippen LogP) is 6.95. The van der Waals surface area contributed by atoms with Crippen LogP contribution < -0.4 is 28.7 Å². The third-order valence-electron chi connectivity index (χ3n) is 10.3. The highest BCUT2D eigenvalue weighted by Crippen LogP contribution is 2.38. The van der Waals surface area contributed by atoms with Crippen LogP contribution >= 0.6 is 22.7 Å². The maximum absolute atomic E-state index is 13.1. The van der Waals surface area contributed by atoms with E-state index in [0.717, 1.165) is 57.0 Å². The summed E-state index contributed by atoms with van der Waals surface area (Å²) in [6.07, 6.45) is 0. The van der Waals surface area contributed by atoms with Crippen molar-refractivity contribution in [3.05, 3.63) is 107 Å². The Hall–Kier alpha value is -5.38. The van der Waals surface area contributed by atoms with Gasteiger partial charge >= 0.3 is 0 Å². The van der Waals surface area contributed by atoms with Gasteiger partial charge in [0, 0.05) is 80.3 Å². The van der Waals surface area contributed by atoms with E-state index in [1.807, 2.05) is 47.2 Å². The molecule has 2 aliphatic heterocycles. The molecule has 0 N–H and O–H groups in total. The van der Waals surface area contributed by atoms with E-state index in [-0.39, 0.29) is 9.79 Å². The number of methoxy groups -OCH3 is 4. The summed E-state index contributed by atoms with van der Waals surface area (Å²) < 4.78 is 102. The number of hydrogen-bond donors (Lipinski definition) is 0. The van der Waals surface area contributed by atoms with Crippen molar-refractivity contribution in [1.29, 1.82) is 0 Å². The minimum absolute atomic E-state index is 0.101. The highest BCUT2D eigenvalue weighted by Gasteiger charge is 2.31. The van der Waals surface area contributed by atoms with Gasteiger partial charge in [-0.3, -0.25) is 0 Å². The summed E-state index contributed by atoms with van der Waals surface area (Å²) in [5.74, 6) is 1.87. The Labute approximate surface area is 367 Å². The second-order valence-corrected chi connectivity index (χ2v) is 19.4. The van der Waals surface area contributed by atoms with E-state index in [9.17, 15) is 25.6 Å². The first-order valence-corrected chi connectivity index (χ1v) is 23.9. The van der Waals surface area contributed by atoms with Crippen LogP contribution in [0.15, 0.2) is 105 Å². The number of sulfonamides is 2. The summed E-state index contributed by atoms with van der Waals surface area (Å²) in [5.41, 5.74) is 3.27. The number of rotatable bonds is 12. The van der Waals surface area contributed by atoms with Gasteiger partial charge in [0.2, 0.25) is 20.0 Å². The van der Waals surface area contributed by atoms with Crippen LogP contribution in [0.3, 0.4) is 0 Å². The molecule has 2 saturated heterocycles. The van der Waals surface area contributed by atoms with Crippen molar-refractivity contribution in [3.8, 4) is 45.5 Å². The maximum atomic E-state index is 13.1. The normalized spacial score (nSPS) is 15.1. The number of halogens is 2. The zero-order valence-corrected chi connectivity index (χ0v) is 37.5. The number of nitrogens with zero attached hydrogens (tertiary/aromatic N) is 6. The third kappa shape index (κ3) is 9.79. The summed E-state index contributed by atoms with van der Waals surface area (Å²) in [6.45, 7) is 3.40. The van der Waals surface area contributed by atoms with Crippen LogP contribution in [-0.2, 0) is 20.0 Å². The van der Waals surface area contributed by atoms with Gasteiger partial charge in [-0.05, 0) is 78.9 Å². The minimum Gasteiger partial charge on any atom is -0.497 e. The fraction of sp³-hybridized carbons (Fsp3) is 0.286. The third-order valence-corrected chi connectivity index (χ3v) is 15.9. The summed E-state index contributed by atoms with van der Waals surface area (Å²) in [6, 6.07) is 21.0. The average molecular weight is 927 g/mol. The number of benzene rings is 4. The number of hydrogen-bond acceptors (Lipinski definition) is 14. The molecule has 6 aromatic rings. The van der Waals surface area contributed by atoms with Gasteiger partial charge < -0.3 is 28.7 Å². The molecule has 0 amide bonds. The molecule has 328 valence electrons. The monoisotopic (exact) mass is 926 g/mol. The number of anilines is 2. The minimum atomic E-state index is -3.65. The largest absolute Gasteiger partial charge is 0.497 e. The Morgan fingerprint density at radius 1 is 0.500 bits per heavy atom. The van der Waals surface area contributed by atoms with E-state index in [1.165, 1.54) is 55.5 Å². The lowest BCUT2D eigenvalue weighted by Gasteiger charge is -2.33. The van der Waals surface area contributed by atoms with E-state index in [4.69, 9.17) is 28.9 Å². The lowest BCUT2D eigenvalue weighted by Crippen LogP contribution is -2.48. The van der Waals surface area contributed by atoms with Crippen LogP contribution in [0.1, 0.15) is 0 Å². The maximum Gasteiger partial charge on any atom is 0.243 e. The van der Waals surface area contributed by atoms with Crippen LogP contribution in [0.25, 0.3) is 22.5 Å². The highest BCUT2D eigenvalue weighted by molar-refractivity contribution is 7.89. The van der Waals surface area contributed by atoms with E-state index in [2.05, 4.69) is 9.80 Å². The van der Waals surface area contributed by atoms with E-state index in [0.29, 0.717) is 75.4 Å². The molecule has 0 saturated carbocycles. The first-order chi connectivity index (χ1) is 29.8. The van der Waals surface area contributed by atoms with Gasteiger partial charge in [-0.15, -0.1) is 22.7 Å². The van der Waals surface area contributed by atoms with Gasteiger partial charge in [0.1, 0.15) is 34.6 Å². The topological polar surface area (TPSA) is 144 Å². The molecule has 2 aliphatic rings. The Balaban J connectivity index is 0.000000186. The molecule has 0 unspecified atom stereocenters. The molecule has 62 heavy (non-hydrogen) atoms. The van der Waals surface area contributed by atoms with Gasteiger partial charge in [-0.2, -0.15) is 8.61 Å². The van der Waals surface area contributed by atoms with Gasteiger partial charge in [-0.1, -0.05) is 0 Å². The molecule has 4 heterocycles. The second kappa shape index (κ2) is 19.3. The molecule has 4 aromatic carbocycles. The first kappa shape index (κ1) is 44.7. The Kier molecular flexibility index (Phi) is 13.9. The van der Waals surface area contributed by atoms with Crippen molar-refractivity contribution in [2.75, 3.05) is 90.6 Å². The molecule has 20 heteroatoms. The Morgan fingerprint density at radius 3 is 1.35 bits per heavy atom. The number of thiazole rings is 2. The van der Waals surface area contributed by atoms with Crippen molar-refractivity contribution >= 4 is 53.0 Å². The molecular weight excluding hydrogens is 883 g/mol. The lowest BCUT2D eigenvalue weighted by atomic mass is 10.1. The number of aromatic nitrogens is 2. The predicted molar refractivity (Wildman–Crippen MR) is 236 cm³/mol. The smallest absolute Gasteiger partial charge is 0.243 e. The summed E-state index contributed by atoms with van der Waals surface area (Å²) in [4.78, 5) is 13.8. The average Bonchev–Trinajstić information content (AvgIpc) is 4.01. The zero-order chi connectivity index (χ0) is 44.0. The SMILES string of the molecule is COc1ccc(-c2csc(N3CCN(S(=O)(=O)c4ccc(F)cc4)CC3)n2)c(OC)c1.COc1ccc(OC)c(-c2csc(N3CCN(S(=O)(=O)c4ccc(F)cc4)CC3)n2)c1. The first-order valence-electron chi connectivity index (χ1n) is 19.2. The van der Waals surface area contributed by atoms with Crippen LogP contribution in [0, 0.1) is 11.6 Å². The fourth-order valence-corrected chi connectivity index (χ4v) is 11.4. The van der Waals surface area contributed by atoms with Gasteiger partial charge in [-0.25, -0.2) is 35.6 Å². The summed E-state index contributed by atoms with van der Waals surface area (Å²) in [7, 11) is -0.864. The fourth-order valence-electron chi connectivity index (χ4n) is 6.84. The molecule has 0 bridgehead atoms. The Morgan fingerprint density at radius 2 is 0.919 bits per heavy atom. The number of piperazine rings is 2.